The Balaban J connectivity index is 2.00. The molecule has 0 atom stereocenters. The number of fused-ring (bicyclic) bond motifs is 1. The van der Waals surface area contributed by atoms with Crippen LogP contribution in [-0.4, -0.2) is 40.7 Å². The van der Waals surface area contributed by atoms with Crippen molar-refractivity contribution >= 4 is 11.6 Å². The fourth-order valence-corrected chi connectivity index (χ4v) is 2.04. The van der Waals surface area contributed by atoms with Crippen LogP contribution >= 0.6 is 0 Å². The maximum Gasteiger partial charge on any atom is 0.433 e. The quantitative estimate of drug-likeness (QED) is 0.790. The number of alkyl halides is 3. The van der Waals surface area contributed by atoms with Gasteiger partial charge in [-0.3, -0.25) is 4.40 Å². The number of aromatic nitrogens is 3. The van der Waals surface area contributed by atoms with E-state index in [2.05, 4.69) is 9.97 Å². The van der Waals surface area contributed by atoms with Crippen LogP contribution in [-0.2, 0) is 10.9 Å². The average Bonchev–Trinajstić information content (AvgIpc) is 2.81. The maximum atomic E-state index is 12.6. The highest BCUT2D eigenvalue weighted by Crippen LogP contribution is 2.28. The van der Waals surface area contributed by atoms with E-state index in [-0.39, 0.29) is 5.78 Å². The molecule has 2 aromatic rings. The molecule has 0 spiro atoms. The van der Waals surface area contributed by atoms with Crippen LogP contribution in [0.1, 0.15) is 5.69 Å². The third-order valence-electron chi connectivity index (χ3n) is 2.99. The molecule has 5 nitrogen and oxygen atoms in total. The first kappa shape index (κ1) is 12.2. The molecular weight excluding hydrogens is 261 g/mol. The molecule has 8 heteroatoms. The Kier molecular flexibility index (Phi) is 2.81. The van der Waals surface area contributed by atoms with Crippen LogP contribution in [0.15, 0.2) is 18.5 Å². The fraction of sp³-hybridized carbons (Fsp3) is 0.455. The number of hydrogen-bond acceptors (Lipinski definition) is 4. The Morgan fingerprint density at radius 2 is 1.95 bits per heavy atom. The van der Waals surface area contributed by atoms with E-state index in [9.17, 15) is 13.2 Å². The molecule has 1 aliphatic heterocycles. The van der Waals surface area contributed by atoms with Gasteiger partial charge in [0.2, 0.25) is 5.78 Å². The molecule has 0 radical (unpaired) electrons. The highest BCUT2D eigenvalue weighted by molar-refractivity contribution is 5.48. The van der Waals surface area contributed by atoms with E-state index in [1.807, 2.05) is 4.90 Å². The van der Waals surface area contributed by atoms with Gasteiger partial charge in [-0.05, 0) is 6.07 Å². The van der Waals surface area contributed by atoms with E-state index in [1.165, 1.54) is 12.4 Å². The van der Waals surface area contributed by atoms with E-state index in [1.54, 1.807) is 4.40 Å². The predicted molar refractivity (Wildman–Crippen MR) is 61.0 cm³/mol. The van der Waals surface area contributed by atoms with Gasteiger partial charge >= 0.3 is 6.18 Å². The molecule has 3 heterocycles. The number of hydrogen-bond donors (Lipinski definition) is 0. The van der Waals surface area contributed by atoms with Crippen molar-refractivity contribution in [3.63, 3.8) is 0 Å². The summed E-state index contributed by atoms with van der Waals surface area (Å²) in [7, 11) is 0. The Bertz CT molecular complexity index is 589. The second-order valence-electron chi connectivity index (χ2n) is 4.20. The summed E-state index contributed by atoms with van der Waals surface area (Å²) < 4.78 is 44.4. The highest BCUT2D eigenvalue weighted by Gasteiger charge is 2.33. The van der Waals surface area contributed by atoms with Crippen LogP contribution < -0.4 is 4.90 Å². The Labute approximate surface area is 106 Å². The molecule has 1 fully saturated rings. The topological polar surface area (TPSA) is 42.7 Å². The van der Waals surface area contributed by atoms with Crippen LogP contribution in [0, 0.1) is 0 Å². The molecule has 1 aliphatic rings. The van der Waals surface area contributed by atoms with Gasteiger partial charge in [0.25, 0.3) is 0 Å². The fourth-order valence-electron chi connectivity index (χ4n) is 2.04. The third kappa shape index (κ3) is 2.23. The number of halogens is 3. The van der Waals surface area contributed by atoms with Crippen molar-refractivity contribution in [2.24, 2.45) is 0 Å². The third-order valence-corrected chi connectivity index (χ3v) is 2.99. The van der Waals surface area contributed by atoms with Crippen molar-refractivity contribution in [1.29, 1.82) is 0 Å². The summed E-state index contributed by atoms with van der Waals surface area (Å²) in [5.74, 6) is 0.788. The minimum atomic E-state index is -4.45. The molecule has 0 N–H and O–H groups in total. The summed E-state index contributed by atoms with van der Waals surface area (Å²) in [5.41, 5.74) is -0.931. The summed E-state index contributed by atoms with van der Waals surface area (Å²) in [6.07, 6.45) is -1.57. The lowest BCUT2D eigenvalue weighted by Crippen LogP contribution is -2.36. The van der Waals surface area contributed by atoms with Crippen LogP contribution in [0.5, 0.6) is 0 Å². The first-order valence-electron chi connectivity index (χ1n) is 5.80. The second kappa shape index (κ2) is 4.37. The highest BCUT2D eigenvalue weighted by atomic mass is 19.4. The van der Waals surface area contributed by atoms with Crippen molar-refractivity contribution in [2.45, 2.75) is 6.18 Å². The Hall–Kier alpha value is -1.83. The molecule has 0 amide bonds. The Morgan fingerprint density at radius 1 is 1.21 bits per heavy atom. The number of ether oxygens (including phenoxy) is 1. The van der Waals surface area contributed by atoms with E-state index in [4.69, 9.17) is 4.74 Å². The molecule has 102 valence electrons. The standard InChI is InChI=1S/C11H11F3N4O/c12-11(13,14)8-1-2-18-9(7-15-10(18)16-8)17-3-5-19-6-4-17/h1-2,7H,3-6H2. The van der Waals surface area contributed by atoms with Gasteiger partial charge in [0.1, 0.15) is 11.5 Å². The number of anilines is 1. The normalized spacial score (nSPS) is 17.1. The molecule has 0 aliphatic carbocycles. The number of nitrogens with zero attached hydrogens (tertiary/aromatic N) is 4. The zero-order valence-electron chi connectivity index (χ0n) is 9.89. The molecular formula is C11H11F3N4O. The lowest BCUT2D eigenvalue weighted by atomic mass is 10.4. The minimum Gasteiger partial charge on any atom is -0.378 e. The van der Waals surface area contributed by atoms with Crippen LogP contribution in [0.25, 0.3) is 5.78 Å². The van der Waals surface area contributed by atoms with Crippen molar-refractivity contribution in [2.75, 3.05) is 31.2 Å². The Morgan fingerprint density at radius 3 is 2.63 bits per heavy atom. The largest absolute Gasteiger partial charge is 0.433 e. The number of imidazole rings is 1. The van der Waals surface area contributed by atoms with Gasteiger partial charge in [-0.15, -0.1) is 0 Å². The van der Waals surface area contributed by atoms with E-state index < -0.39 is 11.9 Å². The molecule has 0 saturated carbocycles. The summed E-state index contributed by atoms with van der Waals surface area (Å²) >= 11 is 0. The molecule has 0 unspecified atom stereocenters. The minimum absolute atomic E-state index is 0.0521. The smallest absolute Gasteiger partial charge is 0.378 e. The summed E-state index contributed by atoms with van der Waals surface area (Å²) in [5, 5.41) is 0. The van der Waals surface area contributed by atoms with Gasteiger partial charge in [0.15, 0.2) is 0 Å². The van der Waals surface area contributed by atoms with Crippen LogP contribution in [0.3, 0.4) is 0 Å². The second-order valence-corrected chi connectivity index (χ2v) is 4.20. The van der Waals surface area contributed by atoms with Crippen LogP contribution in [0.4, 0.5) is 19.0 Å². The van der Waals surface area contributed by atoms with E-state index in [0.29, 0.717) is 26.3 Å². The first-order chi connectivity index (χ1) is 9.05. The summed E-state index contributed by atoms with van der Waals surface area (Å²) in [6.45, 7) is 2.58. The van der Waals surface area contributed by atoms with Gasteiger partial charge < -0.3 is 9.64 Å². The van der Waals surface area contributed by atoms with Crippen molar-refractivity contribution in [3.05, 3.63) is 24.2 Å². The van der Waals surface area contributed by atoms with E-state index >= 15 is 0 Å². The molecule has 0 aromatic carbocycles. The van der Waals surface area contributed by atoms with Gasteiger partial charge in [-0.25, -0.2) is 9.97 Å². The van der Waals surface area contributed by atoms with Crippen LogP contribution in [0.2, 0.25) is 0 Å². The van der Waals surface area contributed by atoms with Crippen molar-refractivity contribution in [1.82, 2.24) is 14.4 Å². The van der Waals surface area contributed by atoms with Gasteiger partial charge in [0.05, 0.1) is 19.4 Å². The monoisotopic (exact) mass is 272 g/mol. The van der Waals surface area contributed by atoms with Gasteiger partial charge in [-0.2, -0.15) is 13.2 Å². The number of rotatable bonds is 1. The molecule has 1 saturated heterocycles. The average molecular weight is 272 g/mol. The molecule has 19 heavy (non-hydrogen) atoms. The number of morpholine rings is 1. The lowest BCUT2D eigenvalue weighted by molar-refractivity contribution is -0.141. The van der Waals surface area contributed by atoms with Gasteiger partial charge in [0, 0.05) is 19.3 Å². The van der Waals surface area contributed by atoms with Gasteiger partial charge in [-0.1, -0.05) is 0 Å². The zero-order valence-corrected chi connectivity index (χ0v) is 9.89. The zero-order chi connectivity index (χ0) is 13.5. The lowest BCUT2D eigenvalue weighted by Gasteiger charge is -2.27. The molecule has 0 bridgehead atoms. The van der Waals surface area contributed by atoms with Crippen molar-refractivity contribution in [3.8, 4) is 0 Å². The summed E-state index contributed by atoms with van der Waals surface area (Å²) in [6, 6.07) is 0.957. The van der Waals surface area contributed by atoms with E-state index in [0.717, 1.165) is 11.9 Å². The molecule has 2 aromatic heterocycles. The summed E-state index contributed by atoms with van der Waals surface area (Å²) in [4.78, 5) is 9.48. The molecule has 3 rings (SSSR count). The SMILES string of the molecule is FC(F)(F)c1ccn2c(N3CCOCC3)cnc2n1. The maximum absolute atomic E-state index is 12.6. The predicted octanol–water partition coefficient (Wildman–Crippen LogP) is 1.58. The first-order valence-corrected chi connectivity index (χ1v) is 5.80. The van der Waals surface area contributed by atoms with Crippen molar-refractivity contribution < 1.29 is 17.9 Å².